The van der Waals surface area contributed by atoms with Gasteiger partial charge in [0, 0.05) is 24.2 Å². The molecule has 96 valence electrons. The molecule has 2 aromatic rings. The van der Waals surface area contributed by atoms with Crippen molar-refractivity contribution in [2.75, 3.05) is 0 Å². The minimum atomic E-state index is -0.886. The first-order valence-electron chi connectivity index (χ1n) is 6.20. The number of hydrogen-bond acceptors (Lipinski definition) is 4. The first kappa shape index (κ1) is 11.8. The first-order valence-corrected chi connectivity index (χ1v) is 6.20. The van der Waals surface area contributed by atoms with E-state index in [1.807, 2.05) is 12.1 Å². The van der Waals surface area contributed by atoms with E-state index >= 15 is 0 Å². The summed E-state index contributed by atoms with van der Waals surface area (Å²) in [5, 5.41) is 9.41. The number of carboxylic acid groups (broad SMARTS) is 1. The summed E-state index contributed by atoms with van der Waals surface area (Å²) >= 11 is 0. The van der Waals surface area contributed by atoms with Crippen molar-refractivity contribution >= 4 is 5.97 Å². The number of nitrogens with zero attached hydrogens (tertiary/aromatic N) is 3. The van der Waals surface area contributed by atoms with Gasteiger partial charge in [-0.2, -0.15) is 0 Å². The Morgan fingerprint density at radius 3 is 2.47 bits per heavy atom. The van der Waals surface area contributed by atoms with Crippen LogP contribution in [0.1, 0.15) is 25.1 Å². The molecule has 3 rings (SSSR count). The zero-order valence-corrected chi connectivity index (χ0v) is 10.3. The average molecular weight is 255 g/mol. The molecule has 0 spiro atoms. The van der Waals surface area contributed by atoms with E-state index in [0.717, 1.165) is 17.7 Å². The molecule has 1 aliphatic carbocycles. The lowest BCUT2D eigenvalue weighted by Crippen LogP contribution is -2.43. The van der Waals surface area contributed by atoms with E-state index < -0.39 is 11.4 Å². The summed E-state index contributed by atoms with van der Waals surface area (Å²) < 4.78 is 0. The quantitative estimate of drug-likeness (QED) is 0.908. The van der Waals surface area contributed by atoms with Gasteiger partial charge in [-0.3, -0.25) is 9.78 Å². The predicted octanol–water partition coefficient (Wildman–Crippen LogP) is 2.04. The molecule has 1 saturated carbocycles. The van der Waals surface area contributed by atoms with Crippen LogP contribution in [0.2, 0.25) is 0 Å². The standard InChI is InChI=1S/C14H13N3O2/c18-13(19)14(5-1-6-14)12-16-9-4-11(17-12)10-2-7-15-8-3-10/h2-4,7-9H,1,5-6H2,(H,18,19). The minimum absolute atomic E-state index is 0.417. The third-order valence-electron chi connectivity index (χ3n) is 3.68. The Morgan fingerprint density at radius 2 is 1.89 bits per heavy atom. The lowest BCUT2D eigenvalue weighted by Gasteiger charge is -2.35. The molecule has 0 aliphatic heterocycles. The number of rotatable bonds is 3. The summed E-state index contributed by atoms with van der Waals surface area (Å²) in [6, 6.07) is 5.48. The predicted molar refractivity (Wildman–Crippen MR) is 68.4 cm³/mol. The number of carboxylic acids is 1. The van der Waals surface area contributed by atoms with Crippen molar-refractivity contribution in [2.45, 2.75) is 24.7 Å². The fourth-order valence-corrected chi connectivity index (χ4v) is 2.34. The van der Waals surface area contributed by atoms with Gasteiger partial charge in [0.05, 0.1) is 5.69 Å². The van der Waals surface area contributed by atoms with Gasteiger partial charge < -0.3 is 5.11 Å². The average Bonchev–Trinajstić information content (AvgIpc) is 2.38. The molecule has 0 saturated heterocycles. The summed E-state index contributed by atoms with van der Waals surface area (Å²) in [6.45, 7) is 0. The van der Waals surface area contributed by atoms with Crippen LogP contribution in [0.25, 0.3) is 11.3 Å². The highest BCUT2D eigenvalue weighted by Gasteiger charge is 2.48. The molecular weight excluding hydrogens is 242 g/mol. The maximum absolute atomic E-state index is 11.5. The summed E-state index contributed by atoms with van der Waals surface area (Å²) in [5.41, 5.74) is 0.765. The molecule has 1 N–H and O–H groups in total. The van der Waals surface area contributed by atoms with Gasteiger partial charge in [0.25, 0.3) is 0 Å². The Labute approximate surface area is 110 Å². The van der Waals surface area contributed by atoms with E-state index in [4.69, 9.17) is 0 Å². The van der Waals surface area contributed by atoms with Crippen LogP contribution in [0.3, 0.4) is 0 Å². The van der Waals surface area contributed by atoms with Crippen LogP contribution < -0.4 is 0 Å². The van der Waals surface area contributed by atoms with E-state index in [1.165, 1.54) is 0 Å². The third-order valence-corrected chi connectivity index (χ3v) is 3.68. The van der Waals surface area contributed by atoms with Crippen LogP contribution in [-0.2, 0) is 10.2 Å². The third kappa shape index (κ3) is 1.87. The SMILES string of the molecule is O=C(O)C1(c2nccc(-c3ccncc3)n2)CCC1. The number of aliphatic carboxylic acids is 1. The van der Waals surface area contributed by atoms with Crippen molar-refractivity contribution in [1.29, 1.82) is 0 Å². The number of pyridine rings is 1. The van der Waals surface area contributed by atoms with E-state index in [-0.39, 0.29) is 0 Å². The van der Waals surface area contributed by atoms with Crippen LogP contribution in [0.5, 0.6) is 0 Å². The minimum Gasteiger partial charge on any atom is -0.480 e. The van der Waals surface area contributed by atoms with Crippen LogP contribution in [0.4, 0.5) is 0 Å². The molecule has 5 nitrogen and oxygen atoms in total. The molecular formula is C14H13N3O2. The maximum Gasteiger partial charge on any atom is 0.317 e. The molecule has 19 heavy (non-hydrogen) atoms. The first-order chi connectivity index (χ1) is 9.22. The Hall–Kier alpha value is -2.30. The summed E-state index contributed by atoms with van der Waals surface area (Å²) in [5.74, 6) is -0.411. The highest BCUT2D eigenvalue weighted by Crippen LogP contribution is 2.42. The van der Waals surface area contributed by atoms with Crippen molar-refractivity contribution in [1.82, 2.24) is 15.0 Å². The van der Waals surface area contributed by atoms with Gasteiger partial charge >= 0.3 is 5.97 Å². The van der Waals surface area contributed by atoms with Crippen molar-refractivity contribution in [3.8, 4) is 11.3 Å². The normalized spacial score (nSPS) is 16.6. The molecule has 0 aromatic carbocycles. The lowest BCUT2D eigenvalue weighted by atomic mass is 9.68. The fraction of sp³-hybridized carbons (Fsp3) is 0.286. The van der Waals surface area contributed by atoms with Gasteiger partial charge in [-0.25, -0.2) is 9.97 Å². The van der Waals surface area contributed by atoms with Gasteiger partial charge in [0.15, 0.2) is 0 Å². The molecule has 1 fully saturated rings. The molecule has 0 radical (unpaired) electrons. The molecule has 1 aliphatic rings. The van der Waals surface area contributed by atoms with Gasteiger partial charge in [0.2, 0.25) is 0 Å². The summed E-state index contributed by atoms with van der Waals surface area (Å²) in [7, 11) is 0. The Kier molecular flexibility index (Phi) is 2.74. The molecule has 0 atom stereocenters. The van der Waals surface area contributed by atoms with Crippen LogP contribution in [-0.4, -0.2) is 26.0 Å². The number of aromatic nitrogens is 3. The van der Waals surface area contributed by atoms with Crippen molar-refractivity contribution in [3.05, 3.63) is 42.6 Å². The Bertz CT molecular complexity index is 609. The van der Waals surface area contributed by atoms with Gasteiger partial charge in [0.1, 0.15) is 11.2 Å². The zero-order chi connectivity index (χ0) is 13.3. The monoisotopic (exact) mass is 255 g/mol. The van der Waals surface area contributed by atoms with Gasteiger partial charge in [-0.1, -0.05) is 6.42 Å². The second-order valence-electron chi connectivity index (χ2n) is 4.74. The van der Waals surface area contributed by atoms with Crippen LogP contribution >= 0.6 is 0 Å². The van der Waals surface area contributed by atoms with E-state index in [2.05, 4.69) is 15.0 Å². The Balaban J connectivity index is 2.03. The van der Waals surface area contributed by atoms with Gasteiger partial charge in [-0.15, -0.1) is 0 Å². The molecule has 0 unspecified atom stereocenters. The lowest BCUT2D eigenvalue weighted by molar-refractivity contribution is -0.147. The molecule has 0 bridgehead atoms. The molecule has 2 heterocycles. The molecule has 2 aromatic heterocycles. The van der Waals surface area contributed by atoms with E-state index in [1.54, 1.807) is 24.7 Å². The highest BCUT2D eigenvalue weighted by atomic mass is 16.4. The van der Waals surface area contributed by atoms with Crippen molar-refractivity contribution < 1.29 is 9.90 Å². The number of hydrogen-bond donors (Lipinski definition) is 1. The second kappa shape index (κ2) is 4.42. The topological polar surface area (TPSA) is 76.0 Å². The van der Waals surface area contributed by atoms with Crippen molar-refractivity contribution in [2.24, 2.45) is 0 Å². The summed E-state index contributed by atoms with van der Waals surface area (Å²) in [6.07, 6.45) is 7.14. The van der Waals surface area contributed by atoms with E-state index in [0.29, 0.717) is 18.7 Å². The molecule has 0 amide bonds. The van der Waals surface area contributed by atoms with Crippen LogP contribution in [0.15, 0.2) is 36.8 Å². The highest BCUT2D eigenvalue weighted by molar-refractivity contribution is 5.81. The maximum atomic E-state index is 11.5. The summed E-state index contributed by atoms with van der Waals surface area (Å²) in [4.78, 5) is 24.0. The Morgan fingerprint density at radius 1 is 1.16 bits per heavy atom. The second-order valence-corrected chi connectivity index (χ2v) is 4.74. The van der Waals surface area contributed by atoms with Crippen LogP contribution in [0, 0.1) is 0 Å². The number of carbonyl (C=O) groups is 1. The fourth-order valence-electron chi connectivity index (χ4n) is 2.34. The smallest absolute Gasteiger partial charge is 0.317 e. The van der Waals surface area contributed by atoms with Crippen molar-refractivity contribution in [3.63, 3.8) is 0 Å². The van der Waals surface area contributed by atoms with E-state index in [9.17, 15) is 9.90 Å². The zero-order valence-electron chi connectivity index (χ0n) is 10.3. The van der Waals surface area contributed by atoms with Gasteiger partial charge in [-0.05, 0) is 31.0 Å². The largest absolute Gasteiger partial charge is 0.480 e. The molecule has 5 heteroatoms.